The highest BCUT2D eigenvalue weighted by Crippen LogP contribution is 2.30. The molecule has 64 valence electrons. The molecule has 3 aliphatic carbocycles. The first-order valence-corrected chi connectivity index (χ1v) is 4.65. The molecule has 0 heterocycles. The quantitative estimate of drug-likeness (QED) is 0.500. The maximum atomic E-state index is 11.5. The van der Waals surface area contributed by atoms with Gasteiger partial charge in [0, 0.05) is 5.92 Å². The van der Waals surface area contributed by atoms with Gasteiger partial charge in [0.15, 0.2) is 5.78 Å². The summed E-state index contributed by atoms with van der Waals surface area (Å²) in [4.78, 5) is 11.5. The van der Waals surface area contributed by atoms with Crippen LogP contribution in [-0.4, -0.2) is 5.78 Å². The molecule has 0 aromatic heterocycles. The molecule has 1 heteroatoms. The second-order valence-corrected chi connectivity index (χ2v) is 3.93. The van der Waals surface area contributed by atoms with Crippen LogP contribution < -0.4 is 0 Å². The number of allylic oxidation sites excluding steroid dienone is 4. The third-order valence-corrected chi connectivity index (χ3v) is 2.80. The van der Waals surface area contributed by atoms with Gasteiger partial charge in [0.1, 0.15) is 0 Å². The molecule has 0 aromatic rings. The zero-order chi connectivity index (χ0) is 8.55. The van der Waals surface area contributed by atoms with Gasteiger partial charge in [-0.3, -0.25) is 4.79 Å². The molecule has 0 N–H and O–H groups in total. The monoisotopic (exact) mass is 162 g/mol. The molecule has 3 aliphatic rings. The Morgan fingerprint density at radius 3 is 2.83 bits per heavy atom. The minimum Gasteiger partial charge on any atom is -0.294 e. The zero-order valence-electron chi connectivity index (χ0n) is 7.42. The highest BCUT2D eigenvalue weighted by Gasteiger charge is 2.23. The van der Waals surface area contributed by atoms with Gasteiger partial charge in [-0.05, 0) is 38.2 Å². The third-order valence-electron chi connectivity index (χ3n) is 2.80. The first kappa shape index (κ1) is 7.78. The first-order valence-electron chi connectivity index (χ1n) is 4.65. The average molecular weight is 162 g/mol. The molecule has 0 fully saturated rings. The average Bonchev–Trinajstić information content (AvgIpc) is 2.02. The lowest BCUT2D eigenvalue weighted by molar-refractivity contribution is -0.117. The van der Waals surface area contributed by atoms with E-state index in [1.165, 1.54) is 12.0 Å². The van der Waals surface area contributed by atoms with Crippen LogP contribution in [0.25, 0.3) is 0 Å². The van der Waals surface area contributed by atoms with Crippen molar-refractivity contribution in [3.05, 3.63) is 23.8 Å². The predicted octanol–water partition coefficient (Wildman–Crippen LogP) is 2.49. The molecule has 0 radical (unpaired) electrons. The van der Waals surface area contributed by atoms with Crippen molar-refractivity contribution in [1.82, 2.24) is 0 Å². The molecule has 2 unspecified atom stereocenters. The molecule has 0 spiro atoms. The second-order valence-electron chi connectivity index (χ2n) is 3.93. The van der Waals surface area contributed by atoms with Crippen LogP contribution >= 0.6 is 0 Å². The summed E-state index contributed by atoms with van der Waals surface area (Å²) in [6, 6.07) is 0. The number of hydrogen-bond acceptors (Lipinski definition) is 1. The summed E-state index contributed by atoms with van der Waals surface area (Å²) in [5.74, 6) is 1.20. The summed E-state index contributed by atoms with van der Waals surface area (Å²) < 4.78 is 0. The zero-order valence-corrected chi connectivity index (χ0v) is 7.42. The van der Waals surface area contributed by atoms with E-state index in [0.29, 0.717) is 11.7 Å². The van der Waals surface area contributed by atoms with Crippen molar-refractivity contribution >= 4 is 5.78 Å². The minimum absolute atomic E-state index is 0.191. The Balaban J connectivity index is 2.30. The topological polar surface area (TPSA) is 17.1 Å². The molecule has 0 aliphatic heterocycles. The van der Waals surface area contributed by atoms with E-state index in [2.05, 4.69) is 19.1 Å². The number of ketones is 1. The van der Waals surface area contributed by atoms with E-state index in [9.17, 15) is 4.79 Å². The van der Waals surface area contributed by atoms with Crippen molar-refractivity contribution in [3.63, 3.8) is 0 Å². The Hall–Kier alpha value is -0.850. The molecule has 0 saturated carbocycles. The first-order chi connectivity index (χ1) is 5.75. The van der Waals surface area contributed by atoms with Gasteiger partial charge < -0.3 is 0 Å². The fourth-order valence-electron chi connectivity index (χ4n) is 2.11. The van der Waals surface area contributed by atoms with Crippen molar-refractivity contribution < 1.29 is 4.79 Å². The normalized spacial score (nSPS) is 38.8. The summed E-state index contributed by atoms with van der Waals surface area (Å²) in [7, 11) is 0. The van der Waals surface area contributed by atoms with E-state index in [1.54, 1.807) is 0 Å². The van der Waals surface area contributed by atoms with Gasteiger partial charge in [0.2, 0.25) is 0 Å². The van der Waals surface area contributed by atoms with E-state index >= 15 is 0 Å². The van der Waals surface area contributed by atoms with Gasteiger partial charge in [-0.2, -0.15) is 0 Å². The lowest BCUT2D eigenvalue weighted by atomic mass is 9.80. The van der Waals surface area contributed by atoms with E-state index < -0.39 is 0 Å². The van der Waals surface area contributed by atoms with Gasteiger partial charge in [-0.15, -0.1) is 0 Å². The number of carbonyl (C=O) groups is 1. The Kier molecular flexibility index (Phi) is 1.87. The van der Waals surface area contributed by atoms with E-state index in [0.717, 1.165) is 12.8 Å². The molecule has 2 atom stereocenters. The van der Waals surface area contributed by atoms with Crippen LogP contribution in [-0.2, 0) is 4.79 Å². The molecule has 3 rings (SSSR count). The Morgan fingerprint density at radius 1 is 1.33 bits per heavy atom. The predicted molar refractivity (Wildman–Crippen MR) is 48.7 cm³/mol. The van der Waals surface area contributed by atoms with E-state index in [1.807, 2.05) is 6.08 Å². The largest absolute Gasteiger partial charge is 0.294 e. The van der Waals surface area contributed by atoms with Gasteiger partial charge in [-0.1, -0.05) is 17.7 Å². The van der Waals surface area contributed by atoms with Crippen LogP contribution in [0.15, 0.2) is 23.8 Å². The number of fused-ring (bicyclic) bond motifs is 3. The smallest absolute Gasteiger partial charge is 0.162 e. The van der Waals surface area contributed by atoms with Crippen molar-refractivity contribution in [1.29, 1.82) is 0 Å². The van der Waals surface area contributed by atoms with Gasteiger partial charge in [0.25, 0.3) is 0 Å². The summed E-state index contributed by atoms with van der Waals surface area (Å²) in [5.41, 5.74) is 1.25. The molecule has 1 nitrogen and oxygen atoms in total. The lowest BCUT2D eigenvalue weighted by Crippen LogP contribution is -2.19. The standard InChI is InChI=1S/C11H14O/c1-8-6-9-2-4-10(5-3-9)11(12)7-8/h2,4,7,9-10H,3,5-6H2,1H3/b8-7-. The van der Waals surface area contributed by atoms with Gasteiger partial charge in [-0.25, -0.2) is 0 Å². The number of hydrogen-bond donors (Lipinski definition) is 0. The Bertz CT molecular complexity index is 260. The fraction of sp³-hybridized carbons (Fsp3) is 0.545. The van der Waals surface area contributed by atoms with Gasteiger partial charge >= 0.3 is 0 Å². The highest BCUT2D eigenvalue weighted by molar-refractivity contribution is 5.93. The van der Waals surface area contributed by atoms with Crippen molar-refractivity contribution in [2.24, 2.45) is 11.8 Å². The molecule has 0 aromatic carbocycles. The van der Waals surface area contributed by atoms with Crippen LogP contribution in [0.1, 0.15) is 26.2 Å². The SMILES string of the molecule is C/C1=C/C(=O)C2C=CC(CC2)C1. The number of rotatable bonds is 0. The maximum absolute atomic E-state index is 11.5. The van der Waals surface area contributed by atoms with Crippen molar-refractivity contribution in [2.45, 2.75) is 26.2 Å². The molecule has 0 saturated heterocycles. The highest BCUT2D eigenvalue weighted by atomic mass is 16.1. The fourth-order valence-corrected chi connectivity index (χ4v) is 2.11. The van der Waals surface area contributed by atoms with Crippen LogP contribution in [0.5, 0.6) is 0 Å². The summed E-state index contributed by atoms with van der Waals surface area (Å²) >= 11 is 0. The van der Waals surface area contributed by atoms with E-state index in [4.69, 9.17) is 0 Å². The van der Waals surface area contributed by atoms with Crippen LogP contribution in [0.2, 0.25) is 0 Å². The maximum Gasteiger partial charge on any atom is 0.162 e. The molecule has 2 bridgehead atoms. The van der Waals surface area contributed by atoms with Crippen LogP contribution in [0.4, 0.5) is 0 Å². The minimum atomic E-state index is 0.191. The van der Waals surface area contributed by atoms with Crippen molar-refractivity contribution in [3.8, 4) is 0 Å². The van der Waals surface area contributed by atoms with Crippen molar-refractivity contribution in [2.75, 3.05) is 0 Å². The number of carbonyl (C=O) groups excluding carboxylic acids is 1. The summed E-state index contributed by atoms with van der Waals surface area (Å²) in [5, 5.41) is 0. The molecular weight excluding hydrogens is 148 g/mol. The van der Waals surface area contributed by atoms with E-state index in [-0.39, 0.29) is 5.92 Å². The molecular formula is C11H14O. The second kappa shape index (κ2) is 2.89. The Morgan fingerprint density at radius 2 is 2.17 bits per heavy atom. The lowest BCUT2D eigenvalue weighted by Gasteiger charge is -2.24. The Labute approximate surface area is 73.2 Å². The third kappa shape index (κ3) is 1.36. The molecule has 0 amide bonds. The van der Waals surface area contributed by atoms with Crippen LogP contribution in [0.3, 0.4) is 0 Å². The van der Waals surface area contributed by atoms with Gasteiger partial charge in [0.05, 0.1) is 0 Å². The summed E-state index contributed by atoms with van der Waals surface area (Å²) in [6.07, 6.45) is 9.49. The summed E-state index contributed by atoms with van der Waals surface area (Å²) in [6.45, 7) is 2.06. The molecule has 12 heavy (non-hydrogen) atoms. The van der Waals surface area contributed by atoms with Crippen LogP contribution in [0, 0.1) is 11.8 Å².